The average Bonchev–Trinajstić information content (AvgIpc) is 2.20. The highest BCUT2D eigenvalue weighted by atomic mass is 35.5. The molecule has 1 aromatic rings. The summed E-state index contributed by atoms with van der Waals surface area (Å²) in [5.41, 5.74) is -1.02. The van der Waals surface area contributed by atoms with E-state index in [1.54, 1.807) is 0 Å². The predicted octanol–water partition coefficient (Wildman–Crippen LogP) is 2.59. The van der Waals surface area contributed by atoms with E-state index in [4.69, 9.17) is 21.8 Å². The highest BCUT2D eigenvalue weighted by Gasteiger charge is 2.28. The van der Waals surface area contributed by atoms with Crippen LogP contribution in [0.5, 0.6) is 5.75 Å². The van der Waals surface area contributed by atoms with Gasteiger partial charge in [0.1, 0.15) is 0 Å². The zero-order valence-corrected chi connectivity index (χ0v) is 9.07. The van der Waals surface area contributed by atoms with Gasteiger partial charge in [0.15, 0.2) is 11.6 Å². The second-order valence-corrected chi connectivity index (χ2v) is 4.33. The van der Waals surface area contributed by atoms with Gasteiger partial charge in [0.2, 0.25) is 5.82 Å². The van der Waals surface area contributed by atoms with E-state index in [0.717, 1.165) is 6.07 Å². The van der Waals surface area contributed by atoms with Crippen molar-refractivity contribution in [3.63, 3.8) is 0 Å². The summed E-state index contributed by atoms with van der Waals surface area (Å²) in [5, 5.41) is 17.8. The summed E-state index contributed by atoms with van der Waals surface area (Å²) in [6.07, 6.45) is 0. The third-order valence-corrected chi connectivity index (χ3v) is 2.55. The van der Waals surface area contributed by atoms with Crippen LogP contribution in [-0.4, -0.2) is 16.8 Å². The van der Waals surface area contributed by atoms with E-state index in [1.165, 1.54) is 13.8 Å². The van der Waals surface area contributed by atoms with Crippen molar-refractivity contribution in [1.82, 2.24) is 0 Å². The van der Waals surface area contributed by atoms with Gasteiger partial charge < -0.3 is 10.2 Å². The molecule has 0 aromatic heterocycles. The lowest BCUT2D eigenvalue weighted by Gasteiger charge is -2.23. The lowest BCUT2D eigenvalue weighted by atomic mass is 9.85. The third-order valence-electron chi connectivity index (χ3n) is 2.26. The van der Waals surface area contributed by atoms with E-state index < -0.39 is 22.8 Å². The van der Waals surface area contributed by atoms with E-state index in [9.17, 15) is 8.78 Å². The van der Waals surface area contributed by atoms with E-state index in [-0.39, 0.29) is 17.2 Å². The van der Waals surface area contributed by atoms with Crippen molar-refractivity contribution in [2.45, 2.75) is 19.3 Å². The number of aliphatic hydroxyl groups excluding tert-OH is 1. The number of hydrogen-bond acceptors (Lipinski definition) is 2. The Hall–Kier alpha value is -0.870. The van der Waals surface area contributed by atoms with Crippen molar-refractivity contribution in [1.29, 1.82) is 0 Å². The maximum Gasteiger partial charge on any atom is 0.202 e. The molecule has 0 aliphatic carbocycles. The van der Waals surface area contributed by atoms with Gasteiger partial charge in [-0.05, 0) is 6.07 Å². The Bertz CT molecular complexity index is 391. The largest absolute Gasteiger partial charge is 0.504 e. The molecule has 5 heteroatoms. The Labute approximate surface area is 91.1 Å². The van der Waals surface area contributed by atoms with Crippen LogP contribution in [0.4, 0.5) is 8.78 Å². The summed E-state index contributed by atoms with van der Waals surface area (Å²) in [6, 6.07) is 1.12. The molecule has 1 rings (SSSR count). The van der Waals surface area contributed by atoms with Gasteiger partial charge in [-0.15, -0.1) is 0 Å². The standard InChI is InChI=1S/C10H11ClF2O2/c1-10(2,4-14)5-3-6(11)9(15)8(13)7(5)12/h3,14-15H,4H2,1-2H3. The normalized spacial score (nSPS) is 11.9. The van der Waals surface area contributed by atoms with E-state index in [0.29, 0.717) is 0 Å². The fourth-order valence-electron chi connectivity index (χ4n) is 1.16. The molecular formula is C10H11ClF2O2. The summed E-state index contributed by atoms with van der Waals surface area (Å²) >= 11 is 5.52. The van der Waals surface area contributed by atoms with Gasteiger partial charge in [0.25, 0.3) is 0 Å². The molecule has 0 unspecified atom stereocenters. The topological polar surface area (TPSA) is 40.5 Å². The summed E-state index contributed by atoms with van der Waals surface area (Å²) in [4.78, 5) is 0. The zero-order chi connectivity index (χ0) is 11.8. The minimum atomic E-state index is -1.39. The van der Waals surface area contributed by atoms with Crippen LogP contribution in [0.1, 0.15) is 19.4 Å². The van der Waals surface area contributed by atoms with Crippen LogP contribution >= 0.6 is 11.6 Å². The van der Waals surface area contributed by atoms with Crippen molar-refractivity contribution >= 4 is 11.6 Å². The van der Waals surface area contributed by atoms with Crippen molar-refractivity contribution in [3.05, 3.63) is 28.3 Å². The van der Waals surface area contributed by atoms with Crippen LogP contribution in [0.3, 0.4) is 0 Å². The molecule has 2 N–H and O–H groups in total. The quantitative estimate of drug-likeness (QED) is 0.775. The molecule has 1 aromatic carbocycles. The molecule has 0 radical (unpaired) electrons. The second kappa shape index (κ2) is 3.94. The lowest BCUT2D eigenvalue weighted by molar-refractivity contribution is 0.213. The van der Waals surface area contributed by atoms with Crippen LogP contribution < -0.4 is 0 Å². The van der Waals surface area contributed by atoms with Gasteiger partial charge in [0, 0.05) is 11.0 Å². The van der Waals surface area contributed by atoms with Crippen LogP contribution in [0.15, 0.2) is 6.07 Å². The van der Waals surface area contributed by atoms with Crippen LogP contribution in [0.25, 0.3) is 0 Å². The number of hydrogen-bond donors (Lipinski definition) is 2. The Kier molecular flexibility index (Phi) is 3.21. The Morgan fingerprint density at radius 2 is 1.87 bits per heavy atom. The molecule has 0 saturated heterocycles. The van der Waals surface area contributed by atoms with Gasteiger partial charge in [0.05, 0.1) is 11.6 Å². The highest BCUT2D eigenvalue weighted by Crippen LogP contribution is 2.35. The van der Waals surface area contributed by atoms with Crippen molar-refractivity contribution in [2.24, 2.45) is 0 Å². The molecule has 84 valence electrons. The number of phenols is 1. The molecule has 0 atom stereocenters. The van der Waals surface area contributed by atoms with Crippen LogP contribution in [0.2, 0.25) is 5.02 Å². The molecule has 0 heterocycles. The molecule has 15 heavy (non-hydrogen) atoms. The molecule has 0 aliphatic rings. The maximum atomic E-state index is 13.4. The minimum Gasteiger partial charge on any atom is -0.504 e. The number of benzene rings is 1. The first-order valence-corrected chi connectivity index (χ1v) is 4.67. The molecule has 0 aliphatic heterocycles. The monoisotopic (exact) mass is 236 g/mol. The summed E-state index contributed by atoms with van der Waals surface area (Å²) in [7, 11) is 0. The number of aliphatic hydroxyl groups is 1. The summed E-state index contributed by atoms with van der Waals surface area (Å²) in [5.74, 6) is -3.48. The van der Waals surface area contributed by atoms with Gasteiger partial charge in [-0.1, -0.05) is 25.4 Å². The molecular weight excluding hydrogens is 226 g/mol. The van der Waals surface area contributed by atoms with Gasteiger partial charge in [-0.2, -0.15) is 4.39 Å². The highest BCUT2D eigenvalue weighted by molar-refractivity contribution is 6.32. The van der Waals surface area contributed by atoms with Crippen LogP contribution in [-0.2, 0) is 5.41 Å². The molecule has 0 bridgehead atoms. The number of halogens is 3. The van der Waals surface area contributed by atoms with E-state index >= 15 is 0 Å². The maximum absolute atomic E-state index is 13.4. The molecule has 0 amide bonds. The van der Waals surface area contributed by atoms with Crippen LogP contribution in [0, 0.1) is 11.6 Å². The van der Waals surface area contributed by atoms with Gasteiger partial charge in [-0.3, -0.25) is 0 Å². The van der Waals surface area contributed by atoms with Gasteiger partial charge >= 0.3 is 0 Å². The lowest BCUT2D eigenvalue weighted by Crippen LogP contribution is -2.24. The third kappa shape index (κ3) is 2.06. The summed E-state index contributed by atoms with van der Waals surface area (Å²) < 4.78 is 26.5. The number of aromatic hydroxyl groups is 1. The first kappa shape index (κ1) is 12.2. The SMILES string of the molecule is CC(C)(CO)c1cc(Cl)c(O)c(F)c1F. The average molecular weight is 237 g/mol. The fourth-order valence-corrected chi connectivity index (χ4v) is 1.36. The van der Waals surface area contributed by atoms with E-state index in [1.807, 2.05) is 0 Å². The zero-order valence-electron chi connectivity index (χ0n) is 8.31. The van der Waals surface area contributed by atoms with Gasteiger partial charge in [-0.25, -0.2) is 4.39 Å². The Balaban J connectivity index is 3.45. The Morgan fingerprint density at radius 1 is 1.33 bits per heavy atom. The fraction of sp³-hybridized carbons (Fsp3) is 0.400. The van der Waals surface area contributed by atoms with Crippen molar-refractivity contribution < 1.29 is 19.0 Å². The molecule has 0 saturated carbocycles. The summed E-state index contributed by atoms with van der Waals surface area (Å²) in [6.45, 7) is 2.72. The first-order valence-electron chi connectivity index (χ1n) is 4.29. The molecule has 2 nitrogen and oxygen atoms in total. The number of rotatable bonds is 2. The predicted molar refractivity (Wildman–Crippen MR) is 53.1 cm³/mol. The number of phenolic OH excluding ortho intramolecular Hbond substituents is 1. The second-order valence-electron chi connectivity index (χ2n) is 3.92. The molecule has 0 fully saturated rings. The van der Waals surface area contributed by atoms with E-state index in [2.05, 4.69) is 0 Å². The Morgan fingerprint density at radius 3 is 2.33 bits per heavy atom. The molecule has 0 spiro atoms. The first-order chi connectivity index (χ1) is 6.81. The van der Waals surface area contributed by atoms with Crippen molar-refractivity contribution in [2.75, 3.05) is 6.61 Å². The minimum absolute atomic E-state index is 0.0645. The smallest absolute Gasteiger partial charge is 0.202 e. The van der Waals surface area contributed by atoms with Crippen molar-refractivity contribution in [3.8, 4) is 5.75 Å².